The summed E-state index contributed by atoms with van der Waals surface area (Å²) in [5, 5.41) is 3.97. The summed E-state index contributed by atoms with van der Waals surface area (Å²) in [5.74, 6) is 1.38. The lowest BCUT2D eigenvalue weighted by atomic mass is 10.0. The molecule has 0 aliphatic carbocycles. The van der Waals surface area contributed by atoms with Crippen LogP contribution in [0, 0.1) is 19.8 Å². The number of nitrogens with zero attached hydrogens (tertiary/aromatic N) is 3. The van der Waals surface area contributed by atoms with Crippen molar-refractivity contribution in [3.05, 3.63) is 47.1 Å². The second kappa shape index (κ2) is 6.58. The summed E-state index contributed by atoms with van der Waals surface area (Å²) in [6, 6.07) is 6.22. The number of hydrogen-bond donors (Lipinski definition) is 0. The Morgan fingerprint density at radius 3 is 2.82 bits per heavy atom. The fraction of sp³-hybridized carbons (Fsp3) is 0.529. The van der Waals surface area contributed by atoms with Crippen LogP contribution in [0.4, 0.5) is 0 Å². The van der Waals surface area contributed by atoms with Crippen molar-refractivity contribution in [2.24, 2.45) is 5.92 Å². The molecule has 0 amide bonds. The minimum absolute atomic E-state index is 0.232. The molecule has 0 radical (unpaired) electrons. The molecule has 1 saturated heterocycles. The van der Waals surface area contributed by atoms with Crippen LogP contribution in [0.5, 0.6) is 0 Å². The maximum absolute atomic E-state index is 5.67. The molecule has 0 saturated carbocycles. The van der Waals surface area contributed by atoms with Gasteiger partial charge >= 0.3 is 0 Å². The zero-order chi connectivity index (χ0) is 15.5. The number of hydrogen-bond acceptors (Lipinski definition) is 5. The van der Waals surface area contributed by atoms with Crippen LogP contribution >= 0.6 is 0 Å². The molecule has 3 heterocycles. The molecule has 5 heteroatoms. The normalized spacial score (nSPS) is 22.3. The molecule has 3 rings (SSSR count). The van der Waals surface area contributed by atoms with Gasteiger partial charge in [0.2, 0.25) is 0 Å². The molecule has 2 atom stereocenters. The van der Waals surface area contributed by atoms with Gasteiger partial charge in [0.1, 0.15) is 5.76 Å². The molecule has 2 aromatic rings. The van der Waals surface area contributed by atoms with Crippen molar-refractivity contribution < 1.29 is 9.26 Å². The van der Waals surface area contributed by atoms with E-state index in [4.69, 9.17) is 9.26 Å². The molecule has 1 aliphatic rings. The van der Waals surface area contributed by atoms with Crippen LogP contribution in [0.3, 0.4) is 0 Å². The van der Waals surface area contributed by atoms with E-state index in [0.717, 1.165) is 43.2 Å². The van der Waals surface area contributed by atoms with E-state index >= 15 is 0 Å². The highest BCUT2D eigenvalue weighted by molar-refractivity contribution is 5.12. The zero-order valence-electron chi connectivity index (χ0n) is 13.5. The molecule has 0 bridgehead atoms. The van der Waals surface area contributed by atoms with Crippen LogP contribution in [0.2, 0.25) is 0 Å². The van der Waals surface area contributed by atoms with Crippen molar-refractivity contribution >= 4 is 0 Å². The maximum atomic E-state index is 5.67. The van der Waals surface area contributed by atoms with Crippen molar-refractivity contribution in [3.63, 3.8) is 0 Å². The van der Waals surface area contributed by atoms with Gasteiger partial charge in [-0.05, 0) is 25.5 Å². The monoisotopic (exact) mass is 301 g/mol. The number of rotatable bonds is 5. The third-order valence-electron chi connectivity index (χ3n) is 4.26. The highest BCUT2D eigenvalue weighted by Crippen LogP contribution is 2.25. The molecule has 0 aromatic carbocycles. The van der Waals surface area contributed by atoms with Crippen LogP contribution in [0.1, 0.15) is 22.7 Å². The van der Waals surface area contributed by atoms with Crippen LogP contribution in [0.25, 0.3) is 0 Å². The summed E-state index contributed by atoms with van der Waals surface area (Å²) in [4.78, 5) is 6.90. The Morgan fingerprint density at radius 2 is 2.18 bits per heavy atom. The van der Waals surface area contributed by atoms with Crippen molar-refractivity contribution in [2.45, 2.75) is 32.9 Å². The Morgan fingerprint density at radius 1 is 1.32 bits per heavy atom. The van der Waals surface area contributed by atoms with Gasteiger partial charge in [-0.1, -0.05) is 11.2 Å². The van der Waals surface area contributed by atoms with Gasteiger partial charge in [0.25, 0.3) is 0 Å². The van der Waals surface area contributed by atoms with E-state index in [0.29, 0.717) is 5.92 Å². The van der Waals surface area contributed by atoms with Gasteiger partial charge in [0, 0.05) is 51.3 Å². The molecule has 5 nitrogen and oxygen atoms in total. The third kappa shape index (κ3) is 3.54. The number of pyridine rings is 1. The average molecular weight is 301 g/mol. The first-order chi connectivity index (χ1) is 10.6. The molecular formula is C17H23N3O2. The van der Waals surface area contributed by atoms with E-state index in [1.165, 1.54) is 5.56 Å². The Hall–Kier alpha value is -1.72. The minimum atomic E-state index is 0.232. The maximum Gasteiger partial charge on any atom is 0.137 e. The van der Waals surface area contributed by atoms with Crippen LogP contribution in [-0.4, -0.2) is 41.3 Å². The molecule has 1 aliphatic heterocycles. The van der Waals surface area contributed by atoms with E-state index in [1.54, 1.807) is 7.11 Å². The molecule has 0 N–H and O–H groups in total. The lowest BCUT2D eigenvalue weighted by molar-refractivity contribution is 0.0761. The summed E-state index contributed by atoms with van der Waals surface area (Å²) < 4.78 is 11.0. The molecular weight excluding hydrogens is 278 g/mol. The zero-order valence-corrected chi connectivity index (χ0v) is 13.5. The topological polar surface area (TPSA) is 51.4 Å². The molecule has 0 spiro atoms. The van der Waals surface area contributed by atoms with E-state index < -0.39 is 0 Å². The summed E-state index contributed by atoms with van der Waals surface area (Å²) in [6.45, 7) is 6.80. The van der Waals surface area contributed by atoms with Crippen LogP contribution < -0.4 is 0 Å². The second-order valence-corrected chi connectivity index (χ2v) is 6.19. The highest BCUT2D eigenvalue weighted by atomic mass is 16.5. The highest BCUT2D eigenvalue weighted by Gasteiger charge is 2.33. The van der Waals surface area contributed by atoms with Gasteiger partial charge in [-0.3, -0.25) is 9.88 Å². The predicted octanol–water partition coefficient (Wildman–Crippen LogP) is 2.38. The van der Waals surface area contributed by atoms with E-state index in [-0.39, 0.29) is 6.10 Å². The van der Waals surface area contributed by atoms with E-state index in [9.17, 15) is 0 Å². The minimum Gasteiger partial charge on any atom is -0.380 e. The first-order valence-electron chi connectivity index (χ1n) is 7.73. The summed E-state index contributed by atoms with van der Waals surface area (Å²) >= 11 is 0. The molecule has 0 unspecified atom stereocenters. The summed E-state index contributed by atoms with van der Waals surface area (Å²) in [7, 11) is 1.79. The van der Waals surface area contributed by atoms with Gasteiger partial charge in [-0.25, -0.2) is 0 Å². The van der Waals surface area contributed by atoms with Gasteiger partial charge in [-0.2, -0.15) is 0 Å². The van der Waals surface area contributed by atoms with E-state index in [1.807, 2.05) is 19.2 Å². The summed E-state index contributed by atoms with van der Waals surface area (Å²) in [6.07, 6.45) is 3.03. The number of aryl methyl sites for hydroxylation is 2. The first kappa shape index (κ1) is 15.2. The summed E-state index contributed by atoms with van der Waals surface area (Å²) in [5.41, 5.74) is 3.23. The largest absolute Gasteiger partial charge is 0.380 e. The van der Waals surface area contributed by atoms with Crippen LogP contribution in [-0.2, 0) is 17.7 Å². The molecule has 2 aromatic heterocycles. The van der Waals surface area contributed by atoms with Gasteiger partial charge in [-0.15, -0.1) is 0 Å². The van der Waals surface area contributed by atoms with Crippen molar-refractivity contribution in [1.29, 1.82) is 0 Å². The fourth-order valence-corrected chi connectivity index (χ4v) is 3.11. The quantitative estimate of drug-likeness (QED) is 0.848. The Balaban J connectivity index is 1.62. The number of likely N-dealkylation sites (tertiary alicyclic amines) is 1. The second-order valence-electron chi connectivity index (χ2n) is 6.19. The standard InChI is InChI=1S/C17H23N3O2/c1-12-4-5-15(18-8-12)10-20-9-14(17(11-20)21-3)7-16-6-13(2)19-22-16/h4-6,8,14,17H,7,9-11H2,1-3H3/t14-,17+/m1/s1. The first-order valence-corrected chi connectivity index (χ1v) is 7.73. The smallest absolute Gasteiger partial charge is 0.137 e. The van der Waals surface area contributed by atoms with Crippen molar-refractivity contribution in [2.75, 3.05) is 20.2 Å². The average Bonchev–Trinajstić information content (AvgIpc) is 3.08. The third-order valence-corrected chi connectivity index (χ3v) is 4.26. The predicted molar refractivity (Wildman–Crippen MR) is 83.5 cm³/mol. The van der Waals surface area contributed by atoms with Gasteiger partial charge in [0.15, 0.2) is 0 Å². The Kier molecular flexibility index (Phi) is 4.55. The Labute approximate surface area is 131 Å². The SMILES string of the molecule is CO[C@H]1CN(Cc2ccc(C)cn2)C[C@H]1Cc1cc(C)no1. The number of aromatic nitrogens is 2. The number of ether oxygens (including phenoxy) is 1. The lowest BCUT2D eigenvalue weighted by Crippen LogP contribution is -2.23. The van der Waals surface area contributed by atoms with Gasteiger partial charge < -0.3 is 9.26 Å². The lowest BCUT2D eigenvalue weighted by Gasteiger charge is -2.14. The van der Waals surface area contributed by atoms with Gasteiger partial charge in [0.05, 0.1) is 17.5 Å². The number of methoxy groups -OCH3 is 1. The fourth-order valence-electron chi connectivity index (χ4n) is 3.11. The van der Waals surface area contributed by atoms with E-state index in [2.05, 4.69) is 34.1 Å². The van der Waals surface area contributed by atoms with Crippen molar-refractivity contribution in [3.8, 4) is 0 Å². The van der Waals surface area contributed by atoms with Crippen LogP contribution in [0.15, 0.2) is 28.9 Å². The Bertz CT molecular complexity index is 609. The molecule has 1 fully saturated rings. The molecule has 118 valence electrons. The molecule has 22 heavy (non-hydrogen) atoms. The van der Waals surface area contributed by atoms with Crippen molar-refractivity contribution in [1.82, 2.24) is 15.0 Å².